The van der Waals surface area contributed by atoms with Crippen molar-refractivity contribution < 1.29 is 13.2 Å². The molecule has 0 heterocycles. The van der Waals surface area contributed by atoms with Crippen molar-refractivity contribution in [1.29, 1.82) is 0 Å². The van der Waals surface area contributed by atoms with Crippen LogP contribution in [0.4, 0.5) is 13.2 Å². The van der Waals surface area contributed by atoms with Crippen LogP contribution in [-0.4, -0.2) is 6.21 Å². The number of halogens is 4. The van der Waals surface area contributed by atoms with Gasteiger partial charge in [0, 0.05) is 22.8 Å². The summed E-state index contributed by atoms with van der Waals surface area (Å²) in [6.45, 7) is 0.295. The van der Waals surface area contributed by atoms with Crippen molar-refractivity contribution in [3.63, 3.8) is 0 Å². The molecule has 0 radical (unpaired) electrons. The normalized spacial score (nSPS) is 11.2. The van der Waals surface area contributed by atoms with Crippen molar-refractivity contribution in [3.05, 3.63) is 69.4 Å². The summed E-state index contributed by atoms with van der Waals surface area (Å²) in [6, 6.07) is 8.65. The molecule has 2 aromatic carbocycles. The topological polar surface area (TPSA) is 12.4 Å². The quantitative estimate of drug-likeness (QED) is 0.737. The first-order chi connectivity index (χ1) is 9.06. The highest BCUT2D eigenvalue weighted by atomic mass is 79.9. The molecule has 0 aliphatic rings. The van der Waals surface area contributed by atoms with Gasteiger partial charge in [-0.15, -0.1) is 0 Å². The maximum atomic E-state index is 13.3. The first-order valence-corrected chi connectivity index (χ1v) is 6.24. The Balaban J connectivity index is 2.13. The largest absolute Gasteiger partial charge is 0.288 e. The molecule has 0 saturated heterocycles. The number of hydrogen-bond donors (Lipinski definition) is 0. The van der Waals surface area contributed by atoms with E-state index in [1.165, 1.54) is 0 Å². The minimum absolute atomic E-state index is 0.295. The monoisotopic (exact) mass is 327 g/mol. The summed E-state index contributed by atoms with van der Waals surface area (Å²) in [4.78, 5) is 3.95. The van der Waals surface area contributed by atoms with E-state index in [0.29, 0.717) is 18.7 Å². The minimum atomic E-state index is -0.961. The van der Waals surface area contributed by atoms with E-state index in [4.69, 9.17) is 0 Å². The molecule has 0 N–H and O–H groups in total. The molecule has 0 atom stereocenters. The third-order valence-corrected chi connectivity index (χ3v) is 2.98. The highest BCUT2D eigenvalue weighted by molar-refractivity contribution is 9.10. The lowest BCUT2D eigenvalue weighted by molar-refractivity contribution is 0.541. The summed E-state index contributed by atoms with van der Waals surface area (Å²) < 4.78 is 40.3. The van der Waals surface area contributed by atoms with Crippen molar-refractivity contribution in [1.82, 2.24) is 0 Å². The van der Waals surface area contributed by atoms with Gasteiger partial charge in [-0.05, 0) is 17.7 Å². The van der Waals surface area contributed by atoms with Crippen molar-refractivity contribution in [2.45, 2.75) is 6.54 Å². The van der Waals surface area contributed by atoms with Gasteiger partial charge in [0.2, 0.25) is 0 Å². The van der Waals surface area contributed by atoms with E-state index in [0.717, 1.165) is 16.3 Å². The molecule has 0 aromatic heterocycles. The van der Waals surface area contributed by atoms with Crippen LogP contribution in [0.25, 0.3) is 0 Å². The van der Waals surface area contributed by atoms with Gasteiger partial charge in [-0.1, -0.05) is 28.1 Å². The highest BCUT2D eigenvalue weighted by Crippen LogP contribution is 2.14. The van der Waals surface area contributed by atoms with Gasteiger partial charge in [0.05, 0.1) is 12.1 Å². The Morgan fingerprint density at radius 3 is 2.16 bits per heavy atom. The fourth-order valence-electron chi connectivity index (χ4n) is 1.51. The Bertz CT molecular complexity index is 586. The molecule has 0 fully saturated rings. The molecule has 1 nitrogen and oxygen atoms in total. The van der Waals surface area contributed by atoms with Crippen LogP contribution in [-0.2, 0) is 6.54 Å². The first kappa shape index (κ1) is 13.8. The Morgan fingerprint density at radius 1 is 1.00 bits per heavy atom. The Labute approximate surface area is 116 Å². The van der Waals surface area contributed by atoms with E-state index in [9.17, 15) is 13.2 Å². The Kier molecular flexibility index (Phi) is 4.37. The molecule has 0 spiro atoms. The minimum Gasteiger partial charge on any atom is -0.288 e. The van der Waals surface area contributed by atoms with E-state index in [-0.39, 0.29) is 5.56 Å². The Morgan fingerprint density at radius 2 is 1.58 bits per heavy atom. The summed E-state index contributed by atoms with van der Waals surface area (Å²) in [5, 5.41) is 0. The fourth-order valence-corrected chi connectivity index (χ4v) is 1.77. The predicted octanol–water partition coefficient (Wildman–Crippen LogP) is 4.49. The second-order valence-electron chi connectivity index (χ2n) is 3.88. The van der Waals surface area contributed by atoms with Gasteiger partial charge in [0.1, 0.15) is 17.5 Å². The smallest absolute Gasteiger partial charge is 0.137 e. The summed E-state index contributed by atoms with van der Waals surface area (Å²) in [6.07, 6.45) is 1.08. The van der Waals surface area contributed by atoms with Crippen LogP contribution in [0, 0.1) is 17.5 Å². The lowest BCUT2D eigenvalue weighted by atomic mass is 10.2. The standard InChI is InChI=1S/C14H9BrF3N/c15-10-3-1-9(2-4-10)7-19-8-12-13(17)5-11(16)6-14(12)18/h1-6,8H,7H2. The van der Waals surface area contributed by atoms with Crippen LogP contribution < -0.4 is 0 Å². The number of hydrogen-bond acceptors (Lipinski definition) is 1. The second-order valence-corrected chi connectivity index (χ2v) is 4.80. The molecule has 0 bridgehead atoms. The number of rotatable bonds is 3. The average molecular weight is 328 g/mol. The van der Waals surface area contributed by atoms with Crippen molar-refractivity contribution in [2.75, 3.05) is 0 Å². The molecule has 0 aliphatic heterocycles. The van der Waals surface area contributed by atoms with Gasteiger partial charge in [0.15, 0.2) is 0 Å². The molecule has 2 aromatic rings. The molecule has 19 heavy (non-hydrogen) atoms. The molecule has 0 aliphatic carbocycles. The Hall–Kier alpha value is -1.62. The molecule has 2 rings (SSSR count). The maximum absolute atomic E-state index is 13.3. The molecule has 0 amide bonds. The fraction of sp³-hybridized carbons (Fsp3) is 0.0714. The van der Waals surface area contributed by atoms with E-state index in [2.05, 4.69) is 20.9 Å². The summed E-state index contributed by atoms with van der Waals surface area (Å²) in [5.74, 6) is -2.87. The number of aliphatic imine (C=N–C) groups is 1. The molecular weight excluding hydrogens is 319 g/mol. The van der Waals surface area contributed by atoms with Gasteiger partial charge >= 0.3 is 0 Å². The highest BCUT2D eigenvalue weighted by Gasteiger charge is 2.08. The van der Waals surface area contributed by atoms with Crippen molar-refractivity contribution in [3.8, 4) is 0 Å². The van der Waals surface area contributed by atoms with Gasteiger partial charge in [-0.3, -0.25) is 4.99 Å². The van der Waals surface area contributed by atoms with E-state index < -0.39 is 17.5 Å². The van der Waals surface area contributed by atoms with Gasteiger partial charge < -0.3 is 0 Å². The van der Waals surface area contributed by atoms with Crippen LogP contribution in [0.15, 0.2) is 45.9 Å². The zero-order valence-corrected chi connectivity index (χ0v) is 11.3. The van der Waals surface area contributed by atoms with Crippen LogP contribution in [0.5, 0.6) is 0 Å². The maximum Gasteiger partial charge on any atom is 0.137 e. The van der Waals surface area contributed by atoms with E-state index in [1.54, 1.807) is 0 Å². The number of nitrogens with zero attached hydrogens (tertiary/aromatic N) is 1. The van der Waals surface area contributed by atoms with Crippen LogP contribution in [0.3, 0.4) is 0 Å². The zero-order chi connectivity index (χ0) is 13.8. The third kappa shape index (κ3) is 3.67. The third-order valence-electron chi connectivity index (χ3n) is 2.45. The summed E-state index contributed by atoms with van der Waals surface area (Å²) in [7, 11) is 0. The first-order valence-electron chi connectivity index (χ1n) is 5.45. The van der Waals surface area contributed by atoms with Crippen molar-refractivity contribution in [2.24, 2.45) is 4.99 Å². The molecule has 0 saturated carbocycles. The summed E-state index contributed by atoms with van der Waals surface area (Å²) in [5.41, 5.74) is 0.570. The predicted molar refractivity (Wildman–Crippen MR) is 71.8 cm³/mol. The van der Waals surface area contributed by atoms with E-state index >= 15 is 0 Å². The molecule has 5 heteroatoms. The van der Waals surface area contributed by atoms with Crippen LogP contribution in [0.1, 0.15) is 11.1 Å². The van der Waals surface area contributed by atoms with Gasteiger partial charge in [-0.25, -0.2) is 13.2 Å². The molecule has 98 valence electrons. The number of benzene rings is 2. The lowest BCUT2D eigenvalue weighted by Crippen LogP contribution is -1.96. The molecule has 0 unspecified atom stereocenters. The lowest BCUT2D eigenvalue weighted by Gasteiger charge is -2.00. The van der Waals surface area contributed by atoms with Crippen molar-refractivity contribution >= 4 is 22.1 Å². The van der Waals surface area contributed by atoms with Gasteiger partial charge in [0.25, 0.3) is 0 Å². The second kappa shape index (κ2) is 6.02. The van der Waals surface area contributed by atoms with Crippen LogP contribution in [0.2, 0.25) is 0 Å². The van der Waals surface area contributed by atoms with E-state index in [1.807, 2.05) is 24.3 Å². The summed E-state index contributed by atoms with van der Waals surface area (Å²) >= 11 is 3.30. The van der Waals surface area contributed by atoms with Crippen LogP contribution >= 0.6 is 15.9 Å². The zero-order valence-electron chi connectivity index (χ0n) is 9.71. The SMILES string of the molecule is Fc1cc(F)c(C=NCc2ccc(Br)cc2)c(F)c1. The average Bonchev–Trinajstić information content (AvgIpc) is 2.34. The van der Waals surface area contributed by atoms with Gasteiger partial charge in [-0.2, -0.15) is 0 Å². The molecular formula is C14H9BrF3N.